The Balaban J connectivity index is 1.47. The van der Waals surface area contributed by atoms with Crippen molar-refractivity contribution in [3.8, 4) is 5.75 Å². The van der Waals surface area contributed by atoms with Crippen LogP contribution in [0.15, 0.2) is 29.1 Å². The topological polar surface area (TPSA) is 61.5 Å². The quantitative estimate of drug-likeness (QED) is 0.890. The normalized spacial score (nSPS) is 18.9. The molecule has 4 rings (SSSR count). The Morgan fingerprint density at radius 2 is 1.78 bits per heavy atom. The molecular weight excluding hydrogens is 354 g/mol. The molecule has 2 heterocycles. The number of alkyl halides is 2. The van der Waals surface area contributed by atoms with Crippen molar-refractivity contribution in [3.05, 3.63) is 45.9 Å². The van der Waals surface area contributed by atoms with Crippen LogP contribution < -0.4 is 20.1 Å². The molecule has 2 aliphatic rings. The van der Waals surface area contributed by atoms with Gasteiger partial charge in [0, 0.05) is 50.3 Å². The third kappa shape index (κ3) is 3.61. The SMILES string of the molecule is COc1ccc(N2CCN(c3nc4c(c(=O)[nH]3)CC(F)(F)CC4)CC2)cc1. The molecule has 1 aliphatic carbocycles. The van der Waals surface area contributed by atoms with Gasteiger partial charge in [0.1, 0.15) is 5.75 Å². The van der Waals surface area contributed by atoms with E-state index in [-0.39, 0.29) is 18.4 Å². The first-order chi connectivity index (χ1) is 12.9. The largest absolute Gasteiger partial charge is 0.497 e. The highest BCUT2D eigenvalue weighted by molar-refractivity contribution is 5.51. The summed E-state index contributed by atoms with van der Waals surface area (Å²) in [7, 11) is 1.64. The number of aromatic amines is 1. The summed E-state index contributed by atoms with van der Waals surface area (Å²) in [4.78, 5) is 23.7. The van der Waals surface area contributed by atoms with Gasteiger partial charge in [-0.25, -0.2) is 13.8 Å². The van der Waals surface area contributed by atoms with Gasteiger partial charge in [-0.2, -0.15) is 0 Å². The first kappa shape index (κ1) is 17.8. The Hall–Kier alpha value is -2.64. The maximum Gasteiger partial charge on any atom is 0.255 e. The van der Waals surface area contributed by atoms with Gasteiger partial charge < -0.3 is 14.5 Å². The molecular formula is C19H22F2N4O2. The number of hydrogen-bond acceptors (Lipinski definition) is 5. The van der Waals surface area contributed by atoms with Crippen LogP contribution in [0.4, 0.5) is 20.4 Å². The van der Waals surface area contributed by atoms with E-state index in [2.05, 4.69) is 14.9 Å². The summed E-state index contributed by atoms with van der Waals surface area (Å²) in [5.74, 6) is -1.51. The zero-order chi connectivity index (χ0) is 19.0. The minimum Gasteiger partial charge on any atom is -0.497 e. The number of piperazine rings is 1. The molecule has 8 heteroatoms. The molecule has 0 atom stereocenters. The third-order valence-corrected chi connectivity index (χ3v) is 5.27. The Kier molecular flexibility index (Phi) is 4.49. The molecule has 2 aromatic rings. The molecule has 1 aromatic carbocycles. The number of ether oxygens (including phenoxy) is 1. The van der Waals surface area contributed by atoms with Crippen LogP contribution in [-0.2, 0) is 12.8 Å². The van der Waals surface area contributed by atoms with Gasteiger partial charge in [-0.3, -0.25) is 9.78 Å². The highest BCUT2D eigenvalue weighted by Crippen LogP contribution is 2.31. The molecule has 1 saturated heterocycles. The van der Waals surface area contributed by atoms with Gasteiger partial charge in [0.2, 0.25) is 5.95 Å². The van der Waals surface area contributed by atoms with E-state index < -0.39 is 17.9 Å². The van der Waals surface area contributed by atoms with Gasteiger partial charge in [0.15, 0.2) is 0 Å². The lowest BCUT2D eigenvalue weighted by Crippen LogP contribution is -2.48. The van der Waals surface area contributed by atoms with Crippen molar-refractivity contribution in [2.45, 2.75) is 25.2 Å². The zero-order valence-electron chi connectivity index (χ0n) is 15.2. The third-order valence-electron chi connectivity index (χ3n) is 5.27. The second-order valence-electron chi connectivity index (χ2n) is 7.02. The number of benzene rings is 1. The van der Waals surface area contributed by atoms with E-state index in [0.29, 0.717) is 24.7 Å². The highest BCUT2D eigenvalue weighted by atomic mass is 19.3. The maximum absolute atomic E-state index is 13.6. The molecule has 0 saturated carbocycles. The van der Waals surface area contributed by atoms with E-state index in [4.69, 9.17) is 4.74 Å². The first-order valence-corrected chi connectivity index (χ1v) is 9.09. The van der Waals surface area contributed by atoms with Crippen LogP contribution >= 0.6 is 0 Å². The number of H-pyrrole nitrogens is 1. The number of aromatic nitrogens is 2. The van der Waals surface area contributed by atoms with Gasteiger partial charge in [-0.1, -0.05) is 0 Å². The van der Waals surface area contributed by atoms with Crippen molar-refractivity contribution in [1.82, 2.24) is 9.97 Å². The van der Waals surface area contributed by atoms with E-state index in [0.717, 1.165) is 24.5 Å². The van der Waals surface area contributed by atoms with Gasteiger partial charge in [0.05, 0.1) is 12.8 Å². The Morgan fingerprint density at radius 1 is 1.11 bits per heavy atom. The monoisotopic (exact) mass is 376 g/mol. The summed E-state index contributed by atoms with van der Waals surface area (Å²) in [5, 5.41) is 0. The fourth-order valence-corrected chi connectivity index (χ4v) is 3.69. The summed E-state index contributed by atoms with van der Waals surface area (Å²) in [6, 6.07) is 7.90. The lowest BCUT2D eigenvalue weighted by atomic mass is 9.94. The van der Waals surface area contributed by atoms with E-state index in [1.807, 2.05) is 29.2 Å². The van der Waals surface area contributed by atoms with Crippen molar-refractivity contribution in [3.63, 3.8) is 0 Å². The molecule has 27 heavy (non-hydrogen) atoms. The van der Waals surface area contributed by atoms with Crippen molar-refractivity contribution >= 4 is 11.6 Å². The summed E-state index contributed by atoms with van der Waals surface area (Å²) < 4.78 is 32.3. The number of methoxy groups -OCH3 is 1. The van der Waals surface area contributed by atoms with E-state index in [9.17, 15) is 13.6 Å². The summed E-state index contributed by atoms with van der Waals surface area (Å²) in [5.41, 5.74) is 1.32. The average molecular weight is 376 g/mol. The molecule has 1 N–H and O–H groups in total. The lowest BCUT2D eigenvalue weighted by Gasteiger charge is -2.36. The Labute approximate surface area is 155 Å². The molecule has 144 valence electrons. The van der Waals surface area contributed by atoms with Crippen molar-refractivity contribution < 1.29 is 13.5 Å². The fourth-order valence-electron chi connectivity index (χ4n) is 3.69. The number of nitrogens with one attached hydrogen (secondary N) is 1. The molecule has 1 aliphatic heterocycles. The fraction of sp³-hybridized carbons (Fsp3) is 0.474. The molecule has 0 radical (unpaired) electrons. The number of fused-ring (bicyclic) bond motifs is 1. The second-order valence-corrected chi connectivity index (χ2v) is 7.02. The van der Waals surface area contributed by atoms with Gasteiger partial charge in [0.25, 0.3) is 11.5 Å². The Morgan fingerprint density at radius 3 is 2.44 bits per heavy atom. The number of hydrogen-bond donors (Lipinski definition) is 1. The molecule has 1 aromatic heterocycles. The molecule has 1 fully saturated rings. The van der Waals surface area contributed by atoms with Crippen molar-refractivity contribution in [1.29, 1.82) is 0 Å². The number of nitrogens with zero attached hydrogens (tertiary/aromatic N) is 3. The van der Waals surface area contributed by atoms with Crippen molar-refractivity contribution in [2.24, 2.45) is 0 Å². The van der Waals surface area contributed by atoms with Gasteiger partial charge in [-0.05, 0) is 30.7 Å². The van der Waals surface area contributed by atoms with Crippen LogP contribution in [0.5, 0.6) is 5.75 Å². The minimum atomic E-state index is -2.81. The highest BCUT2D eigenvalue weighted by Gasteiger charge is 2.36. The number of anilines is 2. The van der Waals surface area contributed by atoms with Crippen molar-refractivity contribution in [2.75, 3.05) is 43.1 Å². The standard InChI is InChI=1S/C19H22F2N4O2/c1-27-14-4-2-13(3-5-14)24-8-10-25(11-9-24)18-22-16-6-7-19(20,21)12-15(16)17(26)23-18/h2-5H,6-12H2,1H3,(H,22,23,26). The zero-order valence-corrected chi connectivity index (χ0v) is 15.2. The van der Waals surface area contributed by atoms with Gasteiger partial charge >= 0.3 is 0 Å². The van der Waals surface area contributed by atoms with Crippen LogP contribution in [0.2, 0.25) is 0 Å². The summed E-state index contributed by atoms with van der Waals surface area (Å²) >= 11 is 0. The predicted octanol–water partition coefficient (Wildman–Crippen LogP) is 2.23. The summed E-state index contributed by atoms with van der Waals surface area (Å²) in [6.07, 6.45) is -0.623. The molecule has 0 spiro atoms. The van der Waals surface area contributed by atoms with E-state index in [1.54, 1.807) is 7.11 Å². The molecule has 6 nitrogen and oxygen atoms in total. The predicted molar refractivity (Wildman–Crippen MR) is 99.2 cm³/mol. The minimum absolute atomic E-state index is 0.131. The van der Waals surface area contributed by atoms with E-state index >= 15 is 0 Å². The van der Waals surface area contributed by atoms with E-state index in [1.165, 1.54) is 0 Å². The maximum atomic E-state index is 13.6. The Bertz CT molecular complexity index is 874. The van der Waals surface area contributed by atoms with Crippen LogP contribution in [-0.4, -0.2) is 49.2 Å². The molecule has 0 amide bonds. The second kappa shape index (κ2) is 6.83. The van der Waals surface area contributed by atoms with Crippen LogP contribution in [0.1, 0.15) is 17.7 Å². The molecule has 0 unspecified atom stereocenters. The summed E-state index contributed by atoms with van der Waals surface area (Å²) in [6.45, 7) is 2.96. The van der Waals surface area contributed by atoms with Gasteiger partial charge in [-0.15, -0.1) is 0 Å². The lowest BCUT2D eigenvalue weighted by molar-refractivity contribution is -0.0132. The van der Waals surface area contributed by atoms with Crippen LogP contribution in [0, 0.1) is 0 Å². The smallest absolute Gasteiger partial charge is 0.255 e. The number of rotatable bonds is 3. The van der Waals surface area contributed by atoms with Crippen LogP contribution in [0.3, 0.4) is 0 Å². The first-order valence-electron chi connectivity index (χ1n) is 9.09. The number of aryl methyl sites for hydroxylation is 1. The molecule has 0 bridgehead atoms. The average Bonchev–Trinajstić information content (AvgIpc) is 2.68. The van der Waals surface area contributed by atoms with Crippen LogP contribution in [0.25, 0.3) is 0 Å². The number of halogens is 2.